The van der Waals surface area contributed by atoms with Crippen molar-refractivity contribution >= 4 is 5.91 Å². The Morgan fingerprint density at radius 1 is 1.12 bits per heavy atom. The number of hydrogen-bond donors (Lipinski definition) is 0. The molecule has 0 aliphatic carbocycles. The molecule has 6 nitrogen and oxygen atoms in total. The summed E-state index contributed by atoms with van der Waals surface area (Å²) in [5, 5.41) is 0. The zero-order valence-corrected chi connectivity index (χ0v) is 14.7. The van der Waals surface area contributed by atoms with Gasteiger partial charge in [0.1, 0.15) is 0 Å². The van der Waals surface area contributed by atoms with Crippen LogP contribution >= 0.6 is 0 Å². The summed E-state index contributed by atoms with van der Waals surface area (Å²) in [6.07, 6.45) is 1.90. The maximum Gasteiger partial charge on any atom is 0.257 e. The number of ether oxygens (including phenoxy) is 4. The number of carbonyl (C=O) groups is 1. The lowest BCUT2D eigenvalue weighted by Crippen LogP contribution is -2.39. The van der Waals surface area contributed by atoms with Crippen LogP contribution in [0.4, 0.5) is 0 Å². The molecule has 0 radical (unpaired) electrons. The van der Waals surface area contributed by atoms with E-state index in [1.165, 1.54) is 0 Å². The molecule has 1 aliphatic rings. The lowest BCUT2D eigenvalue weighted by Gasteiger charge is -2.32. The van der Waals surface area contributed by atoms with Gasteiger partial charge in [-0.25, -0.2) is 0 Å². The molecule has 1 aromatic carbocycles. The molecule has 134 valence electrons. The Balaban J connectivity index is 1.91. The summed E-state index contributed by atoms with van der Waals surface area (Å²) in [5.74, 6) is 1.56. The van der Waals surface area contributed by atoms with Crippen molar-refractivity contribution in [1.82, 2.24) is 4.90 Å². The van der Waals surface area contributed by atoms with Gasteiger partial charge in [0.05, 0.1) is 33.0 Å². The highest BCUT2D eigenvalue weighted by Gasteiger charge is 2.26. The number of carbonyl (C=O) groups excluding carboxylic acids is 1. The fourth-order valence-electron chi connectivity index (χ4n) is 2.92. The van der Waals surface area contributed by atoms with Crippen molar-refractivity contribution in [2.75, 3.05) is 54.2 Å². The van der Waals surface area contributed by atoms with Crippen LogP contribution in [0.15, 0.2) is 18.2 Å². The van der Waals surface area contributed by atoms with Gasteiger partial charge in [-0.1, -0.05) is 6.07 Å². The highest BCUT2D eigenvalue weighted by molar-refractivity contribution is 5.97. The topological polar surface area (TPSA) is 57.2 Å². The summed E-state index contributed by atoms with van der Waals surface area (Å²) in [7, 11) is 4.79. The fourth-order valence-corrected chi connectivity index (χ4v) is 2.92. The molecule has 6 heteroatoms. The van der Waals surface area contributed by atoms with Gasteiger partial charge in [0, 0.05) is 26.8 Å². The Bertz CT molecular complexity index is 526. The summed E-state index contributed by atoms with van der Waals surface area (Å²) in [6, 6.07) is 5.38. The van der Waals surface area contributed by atoms with E-state index in [4.69, 9.17) is 18.9 Å². The van der Waals surface area contributed by atoms with E-state index in [1.807, 2.05) is 11.0 Å². The van der Waals surface area contributed by atoms with Gasteiger partial charge in [-0.15, -0.1) is 0 Å². The third-order valence-electron chi connectivity index (χ3n) is 4.32. The second kappa shape index (κ2) is 9.49. The summed E-state index contributed by atoms with van der Waals surface area (Å²) in [5.41, 5.74) is 0.548. The second-order valence-corrected chi connectivity index (χ2v) is 5.84. The highest BCUT2D eigenvalue weighted by Crippen LogP contribution is 2.32. The smallest absolute Gasteiger partial charge is 0.257 e. The number of piperidine rings is 1. The van der Waals surface area contributed by atoms with Crippen molar-refractivity contribution in [3.63, 3.8) is 0 Å². The van der Waals surface area contributed by atoms with Gasteiger partial charge in [-0.3, -0.25) is 4.79 Å². The fraction of sp³-hybridized carbons (Fsp3) is 0.611. The number of hydrogen-bond acceptors (Lipinski definition) is 5. The maximum atomic E-state index is 12.8. The molecule has 0 atom stereocenters. The molecule has 1 aromatic rings. The van der Waals surface area contributed by atoms with E-state index in [1.54, 1.807) is 33.5 Å². The van der Waals surface area contributed by atoms with Gasteiger partial charge in [-0.05, 0) is 30.9 Å². The van der Waals surface area contributed by atoms with Crippen molar-refractivity contribution in [3.8, 4) is 11.5 Å². The quantitative estimate of drug-likeness (QED) is 0.681. The van der Waals surface area contributed by atoms with Crippen LogP contribution in [0.25, 0.3) is 0 Å². The van der Waals surface area contributed by atoms with Crippen molar-refractivity contribution in [3.05, 3.63) is 23.8 Å². The number of rotatable bonds is 8. The van der Waals surface area contributed by atoms with E-state index >= 15 is 0 Å². The molecule has 24 heavy (non-hydrogen) atoms. The minimum absolute atomic E-state index is 0.00972. The van der Waals surface area contributed by atoms with Crippen LogP contribution in [-0.4, -0.2) is 65.0 Å². The van der Waals surface area contributed by atoms with Crippen LogP contribution in [0.1, 0.15) is 23.2 Å². The molecule has 0 spiro atoms. The van der Waals surface area contributed by atoms with Gasteiger partial charge in [0.2, 0.25) is 0 Å². The lowest BCUT2D eigenvalue weighted by molar-refractivity contribution is 0.0326. The Labute approximate surface area is 143 Å². The second-order valence-electron chi connectivity index (χ2n) is 5.84. The van der Waals surface area contributed by atoms with Crippen LogP contribution in [0.2, 0.25) is 0 Å². The van der Waals surface area contributed by atoms with Gasteiger partial charge in [-0.2, -0.15) is 0 Å². The Morgan fingerprint density at radius 2 is 1.88 bits per heavy atom. The molecule has 1 aliphatic heterocycles. The molecule has 0 unspecified atom stereocenters. The first kappa shape index (κ1) is 18.5. The number of nitrogens with zero attached hydrogens (tertiary/aromatic N) is 1. The molecular formula is C18H27NO5. The minimum atomic E-state index is -0.00972. The number of likely N-dealkylation sites (tertiary alicyclic amines) is 1. The summed E-state index contributed by atoms with van der Waals surface area (Å²) >= 11 is 0. The number of methoxy groups -OCH3 is 3. The monoisotopic (exact) mass is 337 g/mol. The van der Waals surface area contributed by atoms with E-state index in [0.717, 1.165) is 32.5 Å². The number of benzene rings is 1. The largest absolute Gasteiger partial charge is 0.493 e. The summed E-state index contributed by atoms with van der Waals surface area (Å²) < 4.78 is 21.2. The molecule has 0 aromatic heterocycles. The predicted octanol–water partition coefficient (Wildman–Crippen LogP) is 2.22. The maximum absolute atomic E-state index is 12.8. The number of amides is 1. The molecule has 2 rings (SSSR count). The van der Waals surface area contributed by atoms with Gasteiger partial charge in [0.25, 0.3) is 5.91 Å². The Hall–Kier alpha value is -1.79. The Kier molecular flexibility index (Phi) is 7.34. The molecule has 0 saturated carbocycles. The molecule has 0 bridgehead atoms. The average molecular weight is 337 g/mol. The number of para-hydroxylation sites is 1. The van der Waals surface area contributed by atoms with Gasteiger partial charge in [0.15, 0.2) is 11.5 Å². The van der Waals surface area contributed by atoms with Gasteiger partial charge >= 0.3 is 0 Å². The van der Waals surface area contributed by atoms with E-state index in [-0.39, 0.29) is 5.91 Å². The van der Waals surface area contributed by atoms with E-state index < -0.39 is 0 Å². The van der Waals surface area contributed by atoms with Crippen LogP contribution in [0.5, 0.6) is 11.5 Å². The van der Waals surface area contributed by atoms with E-state index in [2.05, 4.69) is 0 Å². The molecular weight excluding hydrogens is 310 g/mol. The van der Waals surface area contributed by atoms with Crippen LogP contribution in [0.3, 0.4) is 0 Å². The molecule has 0 N–H and O–H groups in total. The molecule has 1 saturated heterocycles. The summed E-state index contributed by atoms with van der Waals surface area (Å²) in [4.78, 5) is 14.7. The SMILES string of the molecule is COCCOCC1CCN(C(=O)c2cccc(OC)c2OC)CC1. The predicted molar refractivity (Wildman–Crippen MR) is 90.9 cm³/mol. The Morgan fingerprint density at radius 3 is 2.50 bits per heavy atom. The third kappa shape index (κ3) is 4.61. The first-order valence-electron chi connectivity index (χ1n) is 8.28. The minimum Gasteiger partial charge on any atom is -0.493 e. The summed E-state index contributed by atoms with van der Waals surface area (Å²) in [6.45, 7) is 3.44. The molecule has 1 amide bonds. The third-order valence-corrected chi connectivity index (χ3v) is 4.32. The average Bonchev–Trinajstić information content (AvgIpc) is 2.64. The molecule has 1 fully saturated rings. The van der Waals surface area contributed by atoms with Crippen molar-refractivity contribution < 1.29 is 23.7 Å². The molecule has 1 heterocycles. The van der Waals surface area contributed by atoms with Crippen molar-refractivity contribution in [2.24, 2.45) is 5.92 Å². The van der Waals surface area contributed by atoms with Gasteiger partial charge < -0.3 is 23.8 Å². The zero-order chi connectivity index (χ0) is 17.4. The van der Waals surface area contributed by atoms with Crippen molar-refractivity contribution in [2.45, 2.75) is 12.8 Å². The highest BCUT2D eigenvalue weighted by atomic mass is 16.5. The van der Waals surface area contributed by atoms with E-state index in [9.17, 15) is 4.79 Å². The van der Waals surface area contributed by atoms with Crippen molar-refractivity contribution in [1.29, 1.82) is 0 Å². The normalized spacial score (nSPS) is 15.4. The van der Waals surface area contributed by atoms with Crippen LogP contribution in [0, 0.1) is 5.92 Å². The first-order chi connectivity index (χ1) is 11.7. The zero-order valence-electron chi connectivity index (χ0n) is 14.7. The van der Waals surface area contributed by atoms with Crippen LogP contribution < -0.4 is 9.47 Å². The first-order valence-corrected chi connectivity index (χ1v) is 8.28. The standard InChI is InChI=1S/C18H27NO5/c1-21-11-12-24-13-14-7-9-19(10-8-14)18(20)15-5-4-6-16(22-2)17(15)23-3/h4-6,14H,7-13H2,1-3H3. The van der Waals surface area contributed by atoms with E-state index in [0.29, 0.717) is 36.2 Å². The van der Waals surface area contributed by atoms with Crippen LogP contribution in [-0.2, 0) is 9.47 Å². The lowest BCUT2D eigenvalue weighted by atomic mass is 9.97.